The van der Waals surface area contributed by atoms with E-state index in [0.29, 0.717) is 23.5 Å². The lowest BCUT2D eigenvalue weighted by molar-refractivity contribution is -0.136. The van der Waals surface area contributed by atoms with Gasteiger partial charge in [-0.1, -0.05) is 18.2 Å². The van der Waals surface area contributed by atoms with Crippen LogP contribution in [-0.4, -0.2) is 43.4 Å². The molecule has 4 rings (SSSR count). The number of nitrogens with zero attached hydrogens (tertiary/aromatic N) is 3. The summed E-state index contributed by atoms with van der Waals surface area (Å²) in [6.45, 7) is -0.485. The number of esters is 1. The maximum Gasteiger partial charge on any atom is 0.338 e. The summed E-state index contributed by atoms with van der Waals surface area (Å²) in [4.78, 5) is 26.5. The summed E-state index contributed by atoms with van der Waals surface area (Å²) < 4.78 is 16.0. The van der Waals surface area contributed by atoms with Crippen molar-refractivity contribution >= 4 is 28.9 Å². The van der Waals surface area contributed by atoms with Crippen molar-refractivity contribution in [3.8, 4) is 17.6 Å². The first-order chi connectivity index (χ1) is 16.5. The highest BCUT2D eigenvalue weighted by Crippen LogP contribution is 2.37. The second-order valence-electron chi connectivity index (χ2n) is 7.37. The highest BCUT2D eigenvalue weighted by molar-refractivity contribution is 7.12. The molecular weight excluding hydrogens is 454 g/mol. The molecule has 1 atom stereocenters. The number of carbonyl (C=O) groups excluding carboxylic acids is 2. The van der Waals surface area contributed by atoms with Crippen molar-refractivity contribution in [1.82, 2.24) is 5.01 Å². The first-order valence-electron chi connectivity index (χ1n) is 10.4. The number of rotatable bonds is 7. The van der Waals surface area contributed by atoms with E-state index >= 15 is 0 Å². The Bertz CT molecular complexity index is 1280. The van der Waals surface area contributed by atoms with Crippen molar-refractivity contribution in [2.75, 3.05) is 20.8 Å². The fraction of sp³-hybridized carbons (Fsp3) is 0.200. The predicted octanol–water partition coefficient (Wildman–Crippen LogP) is 4.17. The van der Waals surface area contributed by atoms with Crippen molar-refractivity contribution < 1.29 is 23.8 Å². The number of amides is 1. The van der Waals surface area contributed by atoms with Gasteiger partial charge in [-0.3, -0.25) is 4.79 Å². The van der Waals surface area contributed by atoms with Gasteiger partial charge in [-0.15, -0.1) is 11.3 Å². The lowest BCUT2D eigenvalue weighted by Gasteiger charge is -2.22. The van der Waals surface area contributed by atoms with E-state index < -0.39 is 24.5 Å². The van der Waals surface area contributed by atoms with E-state index in [9.17, 15) is 9.59 Å². The number of methoxy groups -OCH3 is 2. The number of hydrogen-bond donors (Lipinski definition) is 0. The van der Waals surface area contributed by atoms with Crippen molar-refractivity contribution in [2.45, 2.75) is 12.5 Å². The fourth-order valence-electron chi connectivity index (χ4n) is 3.64. The van der Waals surface area contributed by atoms with Crippen LogP contribution in [0.1, 0.15) is 38.8 Å². The summed E-state index contributed by atoms with van der Waals surface area (Å²) >= 11 is 1.54. The van der Waals surface area contributed by atoms with Crippen LogP contribution in [0, 0.1) is 11.3 Å². The van der Waals surface area contributed by atoms with Gasteiger partial charge in [-0.25, -0.2) is 9.80 Å². The minimum absolute atomic E-state index is 0.201. The largest absolute Gasteiger partial charge is 0.493 e. The quantitative estimate of drug-likeness (QED) is 0.476. The van der Waals surface area contributed by atoms with Crippen LogP contribution >= 0.6 is 11.3 Å². The SMILES string of the molecule is COc1ccc(C2CC(c3cccs3)=NN2C(=O)COC(=O)c2cccc(C#N)c2)cc1OC. The van der Waals surface area contributed by atoms with Crippen LogP contribution in [0.3, 0.4) is 0 Å². The van der Waals surface area contributed by atoms with Gasteiger partial charge in [0.2, 0.25) is 0 Å². The molecule has 3 aromatic rings. The summed E-state index contributed by atoms with van der Waals surface area (Å²) in [7, 11) is 3.11. The first-order valence-corrected chi connectivity index (χ1v) is 11.2. The number of nitriles is 1. The molecule has 8 nitrogen and oxygen atoms in total. The van der Waals surface area contributed by atoms with Gasteiger partial charge in [-0.2, -0.15) is 10.4 Å². The molecule has 2 aromatic carbocycles. The molecular formula is C25H21N3O5S. The van der Waals surface area contributed by atoms with Gasteiger partial charge in [0.1, 0.15) is 0 Å². The Labute approximate surface area is 200 Å². The maximum absolute atomic E-state index is 13.1. The third kappa shape index (κ3) is 4.77. The molecule has 1 aliphatic rings. The molecule has 34 heavy (non-hydrogen) atoms. The van der Waals surface area contributed by atoms with Gasteiger partial charge in [0.05, 0.1) is 48.0 Å². The number of benzene rings is 2. The monoisotopic (exact) mass is 475 g/mol. The zero-order valence-electron chi connectivity index (χ0n) is 18.6. The molecule has 0 N–H and O–H groups in total. The molecule has 0 spiro atoms. The van der Waals surface area contributed by atoms with Gasteiger partial charge in [0.25, 0.3) is 5.91 Å². The van der Waals surface area contributed by atoms with Crippen molar-refractivity contribution in [1.29, 1.82) is 5.26 Å². The van der Waals surface area contributed by atoms with Gasteiger partial charge < -0.3 is 14.2 Å². The lowest BCUT2D eigenvalue weighted by Crippen LogP contribution is -2.31. The summed E-state index contributed by atoms with van der Waals surface area (Å²) in [5.41, 5.74) is 2.12. The third-order valence-electron chi connectivity index (χ3n) is 5.32. The fourth-order valence-corrected chi connectivity index (χ4v) is 4.37. The van der Waals surface area contributed by atoms with Crippen LogP contribution in [-0.2, 0) is 9.53 Å². The number of hydrazone groups is 1. The Hall–Kier alpha value is -4.16. The van der Waals surface area contributed by atoms with E-state index in [-0.39, 0.29) is 5.56 Å². The standard InChI is InChI=1S/C25H21N3O5S/c1-31-21-9-8-17(12-22(21)32-2)20-13-19(23-7-4-10-34-23)27-28(20)24(29)15-33-25(30)18-6-3-5-16(11-18)14-26/h3-12,20H,13,15H2,1-2H3. The van der Waals surface area contributed by atoms with Crippen molar-refractivity contribution in [2.24, 2.45) is 5.10 Å². The number of ether oxygens (including phenoxy) is 3. The second-order valence-corrected chi connectivity index (χ2v) is 8.31. The number of hydrogen-bond acceptors (Lipinski definition) is 8. The van der Waals surface area contributed by atoms with Gasteiger partial charge in [-0.05, 0) is 47.3 Å². The van der Waals surface area contributed by atoms with E-state index in [2.05, 4.69) is 5.10 Å². The smallest absolute Gasteiger partial charge is 0.338 e. The molecule has 9 heteroatoms. The average Bonchev–Trinajstić information content (AvgIpc) is 3.57. The molecule has 0 saturated heterocycles. The van der Waals surface area contributed by atoms with Crippen LogP contribution in [0.5, 0.6) is 11.5 Å². The molecule has 1 aliphatic heterocycles. The Balaban J connectivity index is 1.56. The van der Waals surface area contributed by atoms with Crippen molar-refractivity contribution in [3.05, 3.63) is 81.5 Å². The molecule has 2 heterocycles. The molecule has 1 amide bonds. The summed E-state index contributed by atoms with van der Waals surface area (Å²) in [6.07, 6.45) is 0.500. The van der Waals surface area contributed by atoms with E-state index in [1.54, 1.807) is 32.4 Å². The van der Waals surface area contributed by atoms with Gasteiger partial charge in [0.15, 0.2) is 18.1 Å². The number of carbonyl (C=O) groups is 2. The second kappa shape index (κ2) is 10.2. The molecule has 1 unspecified atom stereocenters. The molecule has 1 aromatic heterocycles. The van der Waals surface area contributed by atoms with E-state index in [0.717, 1.165) is 16.2 Å². The first kappa shape index (κ1) is 23.0. The maximum atomic E-state index is 13.1. The zero-order valence-corrected chi connectivity index (χ0v) is 19.4. The topological polar surface area (TPSA) is 101 Å². The minimum atomic E-state index is -0.685. The molecule has 0 aliphatic carbocycles. The predicted molar refractivity (Wildman–Crippen MR) is 126 cm³/mol. The Morgan fingerprint density at radius 3 is 2.65 bits per heavy atom. The van der Waals surface area contributed by atoms with Crippen LogP contribution in [0.15, 0.2) is 65.1 Å². The Morgan fingerprint density at radius 1 is 1.12 bits per heavy atom. The molecule has 0 saturated carbocycles. The van der Waals surface area contributed by atoms with E-state index in [1.807, 2.05) is 35.7 Å². The van der Waals surface area contributed by atoms with Gasteiger partial charge in [0, 0.05) is 6.42 Å². The summed E-state index contributed by atoms with van der Waals surface area (Å²) in [6, 6.07) is 17.0. The summed E-state index contributed by atoms with van der Waals surface area (Å²) in [5, 5.41) is 16.9. The Morgan fingerprint density at radius 2 is 1.94 bits per heavy atom. The average molecular weight is 476 g/mol. The Kier molecular flexibility index (Phi) is 6.90. The minimum Gasteiger partial charge on any atom is -0.493 e. The third-order valence-corrected chi connectivity index (χ3v) is 6.24. The summed E-state index contributed by atoms with van der Waals surface area (Å²) in [5.74, 6) is -0.0262. The molecule has 172 valence electrons. The van der Waals surface area contributed by atoms with Crippen LogP contribution in [0.25, 0.3) is 0 Å². The van der Waals surface area contributed by atoms with Crippen molar-refractivity contribution in [3.63, 3.8) is 0 Å². The normalized spacial score (nSPS) is 14.8. The zero-order chi connectivity index (χ0) is 24.1. The van der Waals surface area contributed by atoms with Gasteiger partial charge >= 0.3 is 5.97 Å². The molecule has 0 radical (unpaired) electrons. The lowest BCUT2D eigenvalue weighted by atomic mass is 10.0. The highest BCUT2D eigenvalue weighted by Gasteiger charge is 2.34. The van der Waals surface area contributed by atoms with Crippen LogP contribution < -0.4 is 9.47 Å². The number of thiophene rings is 1. The van der Waals surface area contributed by atoms with E-state index in [1.165, 1.54) is 28.5 Å². The van der Waals surface area contributed by atoms with E-state index in [4.69, 9.17) is 19.5 Å². The molecule has 0 bridgehead atoms. The highest BCUT2D eigenvalue weighted by atomic mass is 32.1. The van der Waals surface area contributed by atoms with Crippen LogP contribution in [0.2, 0.25) is 0 Å². The molecule has 0 fully saturated rings. The van der Waals surface area contributed by atoms with Crippen LogP contribution in [0.4, 0.5) is 0 Å².